The fourth-order valence-corrected chi connectivity index (χ4v) is 1.68. The molecule has 3 heteroatoms. The van der Waals surface area contributed by atoms with Crippen LogP contribution in [0.3, 0.4) is 0 Å². The molecule has 15 heavy (non-hydrogen) atoms. The number of carbonyl (C=O) groups excluding carboxylic acids is 1. The summed E-state index contributed by atoms with van der Waals surface area (Å²) in [6.07, 6.45) is 0.445. The highest BCUT2D eigenvalue weighted by Crippen LogP contribution is 2.23. The highest BCUT2D eigenvalue weighted by molar-refractivity contribution is 5.67. The zero-order chi connectivity index (χ0) is 11.6. The zero-order valence-electron chi connectivity index (χ0n) is 9.20. The Morgan fingerprint density at radius 2 is 1.87 bits per heavy atom. The molecule has 0 spiro atoms. The number of aromatic hydroxyl groups is 1. The molecule has 0 heterocycles. The Hall–Kier alpha value is -1.51. The molecular weight excluding hydrogens is 192 g/mol. The number of phenols is 1. The summed E-state index contributed by atoms with van der Waals surface area (Å²) >= 11 is 0. The first-order valence-corrected chi connectivity index (χ1v) is 4.91. The Bertz CT molecular complexity index is 359. The van der Waals surface area contributed by atoms with E-state index in [1.165, 1.54) is 0 Å². The lowest BCUT2D eigenvalue weighted by Crippen LogP contribution is -2.30. The molecule has 0 aromatic heterocycles. The van der Waals surface area contributed by atoms with Gasteiger partial charge in [-0.2, -0.15) is 0 Å². The van der Waals surface area contributed by atoms with Crippen molar-refractivity contribution in [2.45, 2.75) is 27.2 Å². The average Bonchev–Trinajstić information content (AvgIpc) is 2.10. The number of aryl methyl sites for hydroxylation is 2. The van der Waals surface area contributed by atoms with E-state index >= 15 is 0 Å². The first-order chi connectivity index (χ1) is 6.91. The average molecular weight is 207 g/mol. The molecule has 0 saturated heterocycles. The largest absolute Gasteiger partial charge is 0.550 e. The number of phenolic OH excluding ortho intramolecular Hbond substituents is 1. The Morgan fingerprint density at radius 3 is 2.27 bits per heavy atom. The van der Waals surface area contributed by atoms with Gasteiger partial charge in [0.2, 0.25) is 0 Å². The Morgan fingerprint density at radius 1 is 1.40 bits per heavy atom. The first kappa shape index (κ1) is 11.6. The van der Waals surface area contributed by atoms with E-state index < -0.39 is 11.9 Å². The van der Waals surface area contributed by atoms with Crippen LogP contribution < -0.4 is 5.11 Å². The minimum atomic E-state index is -1.04. The van der Waals surface area contributed by atoms with E-state index in [9.17, 15) is 15.0 Å². The van der Waals surface area contributed by atoms with Gasteiger partial charge in [0, 0.05) is 5.97 Å². The van der Waals surface area contributed by atoms with Crippen LogP contribution in [-0.4, -0.2) is 11.1 Å². The van der Waals surface area contributed by atoms with Gasteiger partial charge in [0.1, 0.15) is 5.75 Å². The molecule has 1 aromatic carbocycles. The van der Waals surface area contributed by atoms with Gasteiger partial charge in [-0.15, -0.1) is 0 Å². The maximum atomic E-state index is 10.6. The topological polar surface area (TPSA) is 60.4 Å². The number of hydrogen-bond acceptors (Lipinski definition) is 3. The van der Waals surface area contributed by atoms with E-state index in [4.69, 9.17) is 0 Å². The maximum absolute atomic E-state index is 10.6. The van der Waals surface area contributed by atoms with Crippen LogP contribution in [0.15, 0.2) is 12.1 Å². The summed E-state index contributed by atoms with van der Waals surface area (Å²) in [6.45, 7) is 5.36. The molecule has 0 bridgehead atoms. The van der Waals surface area contributed by atoms with Gasteiger partial charge in [0.25, 0.3) is 0 Å². The third kappa shape index (κ3) is 2.72. The monoisotopic (exact) mass is 207 g/mol. The Labute approximate surface area is 89.4 Å². The van der Waals surface area contributed by atoms with Gasteiger partial charge in [-0.25, -0.2) is 0 Å². The van der Waals surface area contributed by atoms with E-state index in [0.29, 0.717) is 6.42 Å². The van der Waals surface area contributed by atoms with Crippen LogP contribution in [0.25, 0.3) is 0 Å². The van der Waals surface area contributed by atoms with E-state index in [1.54, 1.807) is 19.1 Å². The molecule has 0 aliphatic heterocycles. The van der Waals surface area contributed by atoms with Crippen LogP contribution in [0.5, 0.6) is 5.75 Å². The van der Waals surface area contributed by atoms with Crippen molar-refractivity contribution >= 4 is 5.97 Å². The summed E-state index contributed by atoms with van der Waals surface area (Å²) in [6, 6.07) is 3.29. The van der Waals surface area contributed by atoms with Gasteiger partial charge in [0.05, 0.1) is 0 Å². The lowest BCUT2D eigenvalue weighted by atomic mass is 9.93. The minimum Gasteiger partial charge on any atom is -0.550 e. The fourth-order valence-electron chi connectivity index (χ4n) is 1.68. The number of benzene rings is 1. The number of carboxylic acids is 1. The molecule has 1 rings (SSSR count). The molecule has 3 nitrogen and oxygen atoms in total. The van der Waals surface area contributed by atoms with Crippen LogP contribution in [0.4, 0.5) is 0 Å². The van der Waals surface area contributed by atoms with Crippen molar-refractivity contribution < 1.29 is 15.0 Å². The number of hydrogen-bond donors (Lipinski definition) is 1. The molecule has 0 saturated carbocycles. The number of rotatable bonds is 3. The van der Waals surface area contributed by atoms with E-state index in [-0.39, 0.29) is 5.75 Å². The third-order valence-electron chi connectivity index (χ3n) is 2.59. The summed E-state index contributed by atoms with van der Waals surface area (Å²) < 4.78 is 0. The summed E-state index contributed by atoms with van der Waals surface area (Å²) in [5.41, 5.74) is 2.81. The fraction of sp³-hybridized carbons (Fsp3) is 0.417. The molecule has 82 valence electrons. The van der Waals surface area contributed by atoms with Gasteiger partial charge in [-0.1, -0.05) is 6.92 Å². The zero-order valence-corrected chi connectivity index (χ0v) is 9.20. The molecule has 0 unspecified atom stereocenters. The highest BCUT2D eigenvalue weighted by atomic mass is 16.4. The quantitative estimate of drug-likeness (QED) is 0.802. The SMILES string of the molecule is Cc1cc(O)cc(C)c1C[C@H](C)C(=O)[O-]. The second-order valence-corrected chi connectivity index (χ2v) is 3.98. The van der Waals surface area contributed by atoms with E-state index in [1.807, 2.05) is 13.8 Å². The predicted molar refractivity (Wildman–Crippen MR) is 55.5 cm³/mol. The molecule has 1 aromatic rings. The van der Waals surface area contributed by atoms with Crippen molar-refractivity contribution in [2.24, 2.45) is 5.92 Å². The van der Waals surface area contributed by atoms with E-state index in [0.717, 1.165) is 16.7 Å². The van der Waals surface area contributed by atoms with Gasteiger partial charge in [-0.3, -0.25) is 0 Å². The van der Waals surface area contributed by atoms with Crippen LogP contribution in [0.1, 0.15) is 23.6 Å². The highest BCUT2D eigenvalue weighted by Gasteiger charge is 2.10. The number of carbonyl (C=O) groups is 1. The molecule has 0 amide bonds. The van der Waals surface area contributed by atoms with Crippen LogP contribution in [0, 0.1) is 19.8 Å². The summed E-state index contributed by atoms with van der Waals surface area (Å²) in [5.74, 6) is -1.33. The van der Waals surface area contributed by atoms with Crippen LogP contribution in [-0.2, 0) is 11.2 Å². The first-order valence-electron chi connectivity index (χ1n) is 4.91. The summed E-state index contributed by atoms with van der Waals surface area (Å²) in [5, 5.41) is 20.0. The van der Waals surface area contributed by atoms with Crippen LogP contribution in [0.2, 0.25) is 0 Å². The molecular formula is C12H15O3-. The summed E-state index contributed by atoms with van der Waals surface area (Å²) in [4.78, 5) is 10.6. The van der Waals surface area contributed by atoms with Crippen molar-refractivity contribution in [1.82, 2.24) is 0 Å². The lowest BCUT2D eigenvalue weighted by Gasteiger charge is -2.16. The molecule has 1 N–H and O–H groups in total. The van der Waals surface area contributed by atoms with Crippen molar-refractivity contribution in [3.63, 3.8) is 0 Å². The van der Waals surface area contributed by atoms with E-state index in [2.05, 4.69) is 0 Å². The van der Waals surface area contributed by atoms with Crippen molar-refractivity contribution in [3.05, 3.63) is 28.8 Å². The summed E-state index contributed by atoms with van der Waals surface area (Å²) in [7, 11) is 0. The second-order valence-electron chi connectivity index (χ2n) is 3.98. The third-order valence-corrected chi connectivity index (χ3v) is 2.59. The second kappa shape index (κ2) is 4.34. The number of carboxylic acid groups (broad SMARTS) is 1. The smallest absolute Gasteiger partial charge is 0.116 e. The van der Waals surface area contributed by atoms with Crippen molar-refractivity contribution in [1.29, 1.82) is 0 Å². The normalized spacial score (nSPS) is 12.5. The maximum Gasteiger partial charge on any atom is 0.116 e. The Kier molecular flexibility index (Phi) is 3.35. The molecule has 0 aliphatic carbocycles. The predicted octanol–water partition coefficient (Wildman–Crippen LogP) is 0.938. The van der Waals surface area contributed by atoms with Crippen molar-refractivity contribution in [3.8, 4) is 5.75 Å². The Balaban J connectivity index is 3.00. The molecule has 0 aliphatic rings. The van der Waals surface area contributed by atoms with Gasteiger partial charge < -0.3 is 15.0 Å². The molecule has 1 atom stereocenters. The lowest BCUT2D eigenvalue weighted by molar-refractivity contribution is -0.310. The van der Waals surface area contributed by atoms with Crippen molar-refractivity contribution in [2.75, 3.05) is 0 Å². The van der Waals surface area contributed by atoms with Gasteiger partial charge >= 0.3 is 0 Å². The van der Waals surface area contributed by atoms with Crippen LogP contribution >= 0.6 is 0 Å². The van der Waals surface area contributed by atoms with Gasteiger partial charge in [0.15, 0.2) is 0 Å². The number of aliphatic carboxylic acids is 1. The molecule has 0 fully saturated rings. The van der Waals surface area contributed by atoms with Gasteiger partial charge in [-0.05, 0) is 55.0 Å². The minimum absolute atomic E-state index is 0.217. The molecule has 0 radical (unpaired) electrons. The standard InChI is InChI=1S/C12H16O3/c1-7-4-10(13)5-8(2)11(7)6-9(3)12(14)15/h4-5,9,13H,6H2,1-3H3,(H,14,15)/p-1/t9-/m0/s1.